The first-order valence-corrected chi connectivity index (χ1v) is 6.99. The zero-order valence-electron chi connectivity index (χ0n) is 11.8. The molecule has 1 aromatic carbocycles. The Morgan fingerprint density at radius 2 is 2.36 bits per heavy atom. The van der Waals surface area contributed by atoms with Crippen molar-refractivity contribution in [2.75, 3.05) is 26.3 Å². The second-order valence-electron chi connectivity index (χ2n) is 5.15. The molecule has 1 aliphatic heterocycles. The molecular weight excluding hydrogens is 289 g/mol. The van der Waals surface area contributed by atoms with Crippen molar-refractivity contribution in [3.63, 3.8) is 0 Å². The van der Waals surface area contributed by atoms with Crippen LogP contribution in [0.25, 0.3) is 11.3 Å². The van der Waals surface area contributed by atoms with Gasteiger partial charge >= 0.3 is 0 Å². The van der Waals surface area contributed by atoms with Gasteiger partial charge in [-0.1, -0.05) is 12.1 Å². The number of nitrogens with one attached hydrogen (secondary N) is 1. The van der Waals surface area contributed by atoms with E-state index in [-0.39, 0.29) is 24.9 Å². The summed E-state index contributed by atoms with van der Waals surface area (Å²) in [4.78, 5) is 14.2. The van der Waals surface area contributed by atoms with Gasteiger partial charge in [-0.2, -0.15) is 5.10 Å². The van der Waals surface area contributed by atoms with E-state index in [0.29, 0.717) is 30.0 Å². The molecule has 2 N–H and O–H groups in total. The average molecular weight is 305 g/mol. The standard InChI is InChI=1S/C15H16FN3O3/c16-11-3-1-2-10(6-11)14-13(7-17-18-14)15(21)19-4-5-22-9-12(20)8-19/h1-3,6-7,12,20H,4-5,8-9H2,(H,17,18)/t12-/m1/s1. The summed E-state index contributed by atoms with van der Waals surface area (Å²) in [5.74, 6) is -0.651. The van der Waals surface area contributed by atoms with Crippen LogP contribution in [0.1, 0.15) is 10.4 Å². The minimum atomic E-state index is -0.712. The third-order valence-electron chi connectivity index (χ3n) is 3.52. The maximum atomic E-state index is 13.4. The molecule has 1 aromatic heterocycles. The third kappa shape index (κ3) is 3.00. The van der Waals surface area contributed by atoms with Gasteiger partial charge < -0.3 is 14.7 Å². The van der Waals surface area contributed by atoms with Crippen molar-refractivity contribution in [3.8, 4) is 11.3 Å². The molecule has 2 heterocycles. The van der Waals surface area contributed by atoms with Crippen LogP contribution in [0.2, 0.25) is 0 Å². The van der Waals surface area contributed by atoms with Gasteiger partial charge in [-0.05, 0) is 12.1 Å². The highest BCUT2D eigenvalue weighted by molar-refractivity contribution is 5.99. The first kappa shape index (κ1) is 14.7. The minimum Gasteiger partial charge on any atom is -0.389 e. The Morgan fingerprint density at radius 3 is 3.18 bits per heavy atom. The quantitative estimate of drug-likeness (QED) is 0.869. The molecular formula is C15H16FN3O3. The van der Waals surface area contributed by atoms with Gasteiger partial charge in [-0.15, -0.1) is 0 Å². The SMILES string of the molecule is O=C(c1cn[nH]c1-c1cccc(F)c1)N1CCOC[C@H](O)C1. The van der Waals surface area contributed by atoms with Crippen LogP contribution < -0.4 is 0 Å². The zero-order valence-corrected chi connectivity index (χ0v) is 11.8. The molecule has 7 heteroatoms. The summed E-state index contributed by atoms with van der Waals surface area (Å²) in [6.45, 7) is 1.18. The van der Waals surface area contributed by atoms with Crippen LogP contribution in [-0.4, -0.2) is 58.5 Å². The second kappa shape index (κ2) is 6.25. The molecule has 1 amide bonds. The van der Waals surface area contributed by atoms with Gasteiger partial charge in [0.15, 0.2) is 0 Å². The smallest absolute Gasteiger partial charge is 0.257 e. The molecule has 0 spiro atoms. The van der Waals surface area contributed by atoms with Crippen LogP contribution in [-0.2, 0) is 4.74 Å². The minimum absolute atomic E-state index is 0.201. The third-order valence-corrected chi connectivity index (χ3v) is 3.52. The van der Waals surface area contributed by atoms with E-state index in [1.54, 1.807) is 12.1 Å². The summed E-state index contributed by atoms with van der Waals surface area (Å²) in [5, 5.41) is 16.4. The summed E-state index contributed by atoms with van der Waals surface area (Å²) in [6, 6.07) is 5.95. The predicted octanol–water partition coefficient (Wildman–Crippen LogP) is 1.05. The Hall–Kier alpha value is -2.25. The molecule has 0 unspecified atom stereocenters. The number of nitrogens with zero attached hydrogens (tertiary/aromatic N) is 2. The molecule has 1 aliphatic rings. The molecule has 22 heavy (non-hydrogen) atoms. The first-order chi connectivity index (χ1) is 10.6. The maximum absolute atomic E-state index is 13.4. The molecule has 1 atom stereocenters. The van der Waals surface area contributed by atoms with E-state index in [1.807, 2.05) is 0 Å². The fourth-order valence-electron chi connectivity index (χ4n) is 2.46. The Labute approximate surface area is 126 Å². The number of carbonyl (C=O) groups is 1. The number of H-pyrrole nitrogens is 1. The normalized spacial score (nSPS) is 19.0. The number of rotatable bonds is 2. The lowest BCUT2D eigenvalue weighted by molar-refractivity contribution is 0.0534. The number of amides is 1. The summed E-state index contributed by atoms with van der Waals surface area (Å²) >= 11 is 0. The van der Waals surface area contributed by atoms with Crippen molar-refractivity contribution < 1.29 is 19.0 Å². The fourth-order valence-corrected chi connectivity index (χ4v) is 2.46. The van der Waals surface area contributed by atoms with Crippen molar-refractivity contribution in [2.24, 2.45) is 0 Å². The molecule has 0 bridgehead atoms. The van der Waals surface area contributed by atoms with Crippen LogP contribution in [0.5, 0.6) is 0 Å². The van der Waals surface area contributed by atoms with E-state index >= 15 is 0 Å². The van der Waals surface area contributed by atoms with Gasteiger partial charge in [0, 0.05) is 18.7 Å². The van der Waals surface area contributed by atoms with Crippen LogP contribution in [0.4, 0.5) is 4.39 Å². The molecule has 6 nitrogen and oxygen atoms in total. The van der Waals surface area contributed by atoms with Gasteiger partial charge in [0.05, 0.1) is 36.8 Å². The van der Waals surface area contributed by atoms with E-state index in [9.17, 15) is 14.3 Å². The molecule has 116 valence electrons. The van der Waals surface area contributed by atoms with Crippen LogP contribution in [0.15, 0.2) is 30.5 Å². The lowest BCUT2D eigenvalue weighted by atomic mass is 10.1. The number of carbonyl (C=O) groups excluding carboxylic acids is 1. The summed E-state index contributed by atoms with van der Waals surface area (Å²) in [7, 11) is 0. The lowest BCUT2D eigenvalue weighted by Gasteiger charge is -2.21. The molecule has 2 aromatic rings. The number of β-amino-alcohol motifs (C(OH)–C–C–N with tert-alkyl or cyclic N) is 1. The largest absolute Gasteiger partial charge is 0.389 e. The summed E-state index contributed by atoms with van der Waals surface area (Å²) in [5.41, 5.74) is 1.36. The number of ether oxygens (including phenoxy) is 1. The van der Waals surface area contributed by atoms with Crippen LogP contribution >= 0.6 is 0 Å². The molecule has 1 saturated heterocycles. The van der Waals surface area contributed by atoms with Crippen molar-refractivity contribution in [1.82, 2.24) is 15.1 Å². The Morgan fingerprint density at radius 1 is 1.50 bits per heavy atom. The molecule has 0 radical (unpaired) electrons. The number of aromatic amines is 1. The average Bonchev–Trinajstić information content (AvgIpc) is 2.89. The topological polar surface area (TPSA) is 78.5 Å². The van der Waals surface area contributed by atoms with Gasteiger partial charge in [-0.3, -0.25) is 9.89 Å². The van der Waals surface area contributed by atoms with Gasteiger partial charge in [0.1, 0.15) is 5.82 Å². The number of benzene rings is 1. The van der Waals surface area contributed by atoms with Crippen LogP contribution in [0.3, 0.4) is 0 Å². The Balaban J connectivity index is 1.89. The van der Waals surface area contributed by atoms with Gasteiger partial charge in [0.25, 0.3) is 5.91 Å². The van der Waals surface area contributed by atoms with Crippen molar-refractivity contribution in [1.29, 1.82) is 0 Å². The number of halogens is 1. The predicted molar refractivity (Wildman–Crippen MR) is 76.7 cm³/mol. The number of hydrogen-bond acceptors (Lipinski definition) is 4. The fraction of sp³-hybridized carbons (Fsp3) is 0.333. The number of aromatic nitrogens is 2. The lowest BCUT2D eigenvalue weighted by Crippen LogP contribution is -2.37. The maximum Gasteiger partial charge on any atom is 0.257 e. The highest BCUT2D eigenvalue weighted by atomic mass is 19.1. The molecule has 1 fully saturated rings. The summed E-state index contributed by atoms with van der Waals surface area (Å²) < 4.78 is 18.6. The van der Waals surface area contributed by atoms with E-state index in [1.165, 1.54) is 23.2 Å². The van der Waals surface area contributed by atoms with E-state index in [0.717, 1.165) is 0 Å². The van der Waals surface area contributed by atoms with Gasteiger partial charge in [0.2, 0.25) is 0 Å². The van der Waals surface area contributed by atoms with E-state index in [2.05, 4.69) is 10.2 Å². The van der Waals surface area contributed by atoms with Crippen LogP contribution in [0, 0.1) is 5.82 Å². The molecule has 0 saturated carbocycles. The van der Waals surface area contributed by atoms with Crippen molar-refractivity contribution >= 4 is 5.91 Å². The Kier molecular flexibility index (Phi) is 4.17. The van der Waals surface area contributed by atoms with Crippen molar-refractivity contribution in [2.45, 2.75) is 6.10 Å². The molecule has 3 rings (SSSR count). The van der Waals surface area contributed by atoms with E-state index in [4.69, 9.17) is 4.74 Å². The number of hydrogen-bond donors (Lipinski definition) is 2. The van der Waals surface area contributed by atoms with Crippen molar-refractivity contribution in [3.05, 3.63) is 41.8 Å². The number of aliphatic hydroxyl groups excluding tert-OH is 1. The monoisotopic (exact) mass is 305 g/mol. The molecule has 0 aliphatic carbocycles. The Bertz CT molecular complexity index is 674. The highest BCUT2D eigenvalue weighted by Crippen LogP contribution is 2.23. The highest BCUT2D eigenvalue weighted by Gasteiger charge is 2.25. The van der Waals surface area contributed by atoms with E-state index < -0.39 is 6.10 Å². The first-order valence-electron chi connectivity index (χ1n) is 6.99. The van der Waals surface area contributed by atoms with Gasteiger partial charge in [-0.25, -0.2) is 4.39 Å². The summed E-state index contributed by atoms with van der Waals surface area (Å²) in [6.07, 6.45) is 0.705. The zero-order chi connectivity index (χ0) is 15.5. The second-order valence-corrected chi connectivity index (χ2v) is 5.15. The number of aliphatic hydroxyl groups is 1.